The van der Waals surface area contributed by atoms with Gasteiger partial charge in [0.2, 0.25) is 0 Å². The number of ketones is 1. The van der Waals surface area contributed by atoms with E-state index in [0.717, 1.165) is 16.9 Å². The molecule has 1 saturated heterocycles. The fraction of sp³-hybridized carbons (Fsp3) is 0.385. The summed E-state index contributed by atoms with van der Waals surface area (Å²) in [6, 6.07) is 14.1. The van der Waals surface area contributed by atoms with Crippen LogP contribution in [0.25, 0.3) is 5.76 Å². The van der Waals surface area contributed by atoms with Gasteiger partial charge in [0.05, 0.1) is 18.2 Å². The van der Waals surface area contributed by atoms with E-state index in [9.17, 15) is 14.7 Å². The summed E-state index contributed by atoms with van der Waals surface area (Å²) in [5.41, 5.74) is 2.26. The Bertz CT molecular complexity index is 1010. The molecule has 32 heavy (non-hydrogen) atoms. The molecule has 0 aliphatic carbocycles. The molecule has 1 aliphatic heterocycles. The first kappa shape index (κ1) is 23.5. The Labute approximate surface area is 190 Å². The second kappa shape index (κ2) is 10.0. The average molecular weight is 437 g/mol. The van der Waals surface area contributed by atoms with Gasteiger partial charge in [0.15, 0.2) is 0 Å². The molecule has 6 nitrogen and oxygen atoms in total. The Morgan fingerprint density at radius 2 is 1.81 bits per heavy atom. The predicted octanol–water partition coefficient (Wildman–Crippen LogP) is 4.01. The van der Waals surface area contributed by atoms with Crippen LogP contribution >= 0.6 is 0 Å². The van der Waals surface area contributed by atoms with Crippen LogP contribution in [-0.4, -0.2) is 60.4 Å². The van der Waals surface area contributed by atoms with Crippen molar-refractivity contribution in [3.05, 3.63) is 70.8 Å². The van der Waals surface area contributed by atoms with Crippen LogP contribution in [-0.2, 0) is 9.59 Å². The first-order valence-electron chi connectivity index (χ1n) is 10.9. The van der Waals surface area contributed by atoms with Crippen LogP contribution < -0.4 is 4.74 Å². The lowest BCUT2D eigenvalue weighted by Gasteiger charge is -2.26. The number of nitrogens with zero attached hydrogens (tertiary/aromatic N) is 2. The van der Waals surface area contributed by atoms with Crippen LogP contribution in [0.5, 0.6) is 5.75 Å². The van der Waals surface area contributed by atoms with Gasteiger partial charge in [0.25, 0.3) is 11.7 Å². The smallest absolute Gasteiger partial charge is 0.295 e. The van der Waals surface area contributed by atoms with Crippen LogP contribution in [0.15, 0.2) is 54.1 Å². The third-order valence-corrected chi connectivity index (χ3v) is 5.46. The normalized spacial score (nSPS) is 18.1. The van der Waals surface area contributed by atoms with Gasteiger partial charge in [-0.15, -0.1) is 0 Å². The van der Waals surface area contributed by atoms with Crippen molar-refractivity contribution in [2.45, 2.75) is 26.8 Å². The summed E-state index contributed by atoms with van der Waals surface area (Å²) in [6.45, 7) is 7.64. The second-order valence-electron chi connectivity index (χ2n) is 8.89. The molecule has 1 fully saturated rings. The van der Waals surface area contributed by atoms with Gasteiger partial charge in [-0.1, -0.05) is 44.2 Å². The zero-order valence-corrected chi connectivity index (χ0v) is 19.5. The summed E-state index contributed by atoms with van der Waals surface area (Å²) in [4.78, 5) is 29.5. The van der Waals surface area contributed by atoms with Gasteiger partial charge >= 0.3 is 0 Å². The molecule has 2 aromatic rings. The highest BCUT2D eigenvalue weighted by Crippen LogP contribution is 2.39. The van der Waals surface area contributed by atoms with Crippen LogP contribution in [0.3, 0.4) is 0 Å². The van der Waals surface area contributed by atoms with Gasteiger partial charge in [0.1, 0.15) is 11.5 Å². The Kier molecular flexibility index (Phi) is 7.36. The van der Waals surface area contributed by atoms with E-state index in [1.54, 1.807) is 23.1 Å². The molecule has 170 valence electrons. The number of carbonyl (C=O) groups excluding carboxylic acids is 2. The summed E-state index contributed by atoms with van der Waals surface area (Å²) < 4.78 is 5.83. The molecular formula is C26H32N2O4. The summed E-state index contributed by atoms with van der Waals surface area (Å²) >= 11 is 0. The van der Waals surface area contributed by atoms with Crippen molar-refractivity contribution < 1.29 is 19.4 Å². The van der Waals surface area contributed by atoms with E-state index in [2.05, 4.69) is 13.8 Å². The van der Waals surface area contributed by atoms with Crippen molar-refractivity contribution in [1.29, 1.82) is 0 Å². The zero-order chi connectivity index (χ0) is 23.4. The third-order valence-electron chi connectivity index (χ3n) is 5.46. The minimum Gasteiger partial charge on any atom is -0.507 e. The number of Topliss-reactive ketones (excluding diaryl/α,β-unsaturated/α-hetero) is 1. The molecule has 1 amide bonds. The number of aryl methyl sites for hydroxylation is 1. The predicted molar refractivity (Wildman–Crippen MR) is 126 cm³/mol. The molecule has 3 rings (SSSR count). The number of aliphatic hydroxyl groups is 1. The lowest BCUT2D eigenvalue weighted by atomic mass is 9.95. The summed E-state index contributed by atoms with van der Waals surface area (Å²) in [6.07, 6.45) is 0. The van der Waals surface area contributed by atoms with Crippen LogP contribution in [0.1, 0.15) is 36.6 Å². The van der Waals surface area contributed by atoms with E-state index >= 15 is 0 Å². The van der Waals surface area contributed by atoms with Gasteiger partial charge in [-0.3, -0.25) is 9.59 Å². The minimum atomic E-state index is -0.659. The van der Waals surface area contributed by atoms with E-state index < -0.39 is 17.7 Å². The Hall–Kier alpha value is -3.12. The number of hydrogen-bond donors (Lipinski definition) is 1. The monoisotopic (exact) mass is 436 g/mol. The second-order valence-corrected chi connectivity index (χ2v) is 8.89. The van der Waals surface area contributed by atoms with Gasteiger partial charge in [-0.25, -0.2) is 0 Å². The molecule has 0 bridgehead atoms. The van der Waals surface area contributed by atoms with E-state index in [1.807, 2.05) is 56.3 Å². The number of likely N-dealkylation sites (N-methyl/N-ethyl adjacent to an activating group) is 1. The topological polar surface area (TPSA) is 70.1 Å². The molecule has 1 atom stereocenters. The van der Waals surface area contributed by atoms with Crippen LogP contribution in [0.4, 0.5) is 0 Å². The zero-order valence-electron chi connectivity index (χ0n) is 19.5. The molecule has 0 spiro atoms. The van der Waals surface area contributed by atoms with Crippen molar-refractivity contribution in [3.63, 3.8) is 0 Å². The van der Waals surface area contributed by atoms with Crippen molar-refractivity contribution in [3.8, 4) is 5.75 Å². The lowest BCUT2D eigenvalue weighted by Crippen LogP contribution is -2.35. The van der Waals surface area contributed by atoms with Crippen molar-refractivity contribution >= 4 is 17.4 Å². The Morgan fingerprint density at radius 3 is 2.41 bits per heavy atom. The number of rotatable bonds is 8. The Balaban J connectivity index is 2.05. The van der Waals surface area contributed by atoms with Crippen molar-refractivity contribution in [2.24, 2.45) is 5.92 Å². The lowest BCUT2D eigenvalue weighted by molar-refractivity contribution is -0.140. The number of benzene rings is 2. The van der Waals surface area contributed by atoms with E-state index in [1.165, 1.54) is 0 Å². The fourth-order valence-electron chi connectivity index (χ4n) is 3.77. The van der Waals surface area contributed by atoms with Gasteiger partial charge in [-0.2, -0.15) is 0 Å². The maximum atomic E-state index is 13.0. The number of hydrogen-bond acceptors (Lipinski definition) is 5. The Morgan fingerprint density at radius 1 is 1.12 bits per heavy atom. The van der Waals surface area contributed by atoms with E-state index in [-0.39, 0.29) is 11.3 Å². The molecule has 0 saturated carbocycles. The molecule has 1 N–H and O–H groups in total. The maximum absolute atomic E-state index is 13.0. The largest absolute Gasteiger partial charge is 0.507 e. The van der Waals surface area contributed by atoms with Crippen molar-refractivity contribution in [2.75, 3.05) is 33.8 Å². The van der Waals surface area contributed by atoms with Crippen LogP contribution in [0, 0.1) is 12.8 Å². The standard InChI is InChI=1S/C26H32N2O4/c1-17(2)16-32-21-12-11-20(15-18(21)3)24(29)22-23(19-9-7-6-8-10-19)28(14-13-27(4)5)26(31)25(22)30/h6-12,15,17,23,29H,13-14,16H2,1-5H3/t23-/m0/s1. The molecular weight excluding hydrogens is 404 g/mol. The molecule has 0 aromatic heterocycles. The molecule has 0 unspecified atom stereocenters. The molecule has 2 aromatic carbocycles. The SMILES string of the molecule is Cc1cc(C(O)=C2C(=O)C(=O)N(CCN(C)C)[C@H]2c2ccccc2)ccc1OCC(C)C. The van der Waals surface area contributed by atoms with E-state index in [0.29, 0.717) is 31.2 Å². The quantitative estimate of drug-likeness (QED) is 0.385. The first-order valence-corrected chi connectivity index (χ1v) is 10.9. The maximum Gasteiger partial charge on any atom is 0.295 e. The molecule has 1 aliphatic rings. The summed E-state index contributed by atoms with van der Waals surface area (Å²) in [7, 11) is 3.83. The van der Waals surface area contributed by atoms with Crippen molar-refractivity contribution in [1.82, 2.24) is 9.80 Å². The highest BCUT2D eigenvalue weighted by molar-refractivity contribution is 6.46. The minimum absolute atomic E-state index is 0.121. The average Bonchev–Trinajstić information content (AvgIpc) is 3.01. The first-order chi connectivity index (χ1) is 15.2. The number of amides is 1. The number of carbonyl (C=O) groups is 2. The van der Waals surface area contributed by atoms with E-state index in [4.69, 9.17) is 4.74 Å². The molecule has 6 heteroatoms. The summed E-state index contributed by atoms with van der Waals surface area (Å²) in [5.74, 6) is -0.278. The highest BCUT2D eigenvalue weighted by Gasteiger charge is 2.45. The molecule has 0 radical (unpaired) electrons. The third kappa shape index (κ3) is 5.02. The number of likely N-dealkylation sites (tertiary alicyclic amines) is 1. The molecule has 1 heterocycles. The van der Waals surface area contributed by atoms with Crippen LogP contribution in [0.2, 0.25) is 0 Å². The fourth-order valence-corrected chi connectivity index (χ4v) is 3.77. The number of ether oxygens (including phenoxy) is 1. The van der Waals surface area contributed by atoms with Gasteiger partial charge in [0, 0.05) is 18.7 Å². The number of aliphatic hydroxyl groups excluding tert-OH is 1. The summed E-state index contributed by atoms with van der Waals surface area (Å²) in [5, 5.41) is 11.2. The van der Waals surface area contributed by atoms with Gasteiger partial charge in [-0.05, 0) is 56.3 Å². The van der Waals surface area contributed by atoms with Gasteiger partial charge < -0.3 is 19.6 Å². The highest BCUT2D eigenvalue weighted by atomic mass is 16.5.